The van der Waals surface area contributed by atoms with E-state index >= 15 is 0 Å². The van der Waals surface area contributed by atoms with Gasteiger partial charge in [-0.05, 0) is 47.5 Å². The molecule has 0 spiro atoms. The van der Waals surface area contributed by atoms with E-state index in [-0.39, 0.29) is 11.5 Å². The van der Waals surface area contributed by atoms with Crippen molar-refractivity contribution in [3.05, 3.63) is 92.9 Å². The number of rotatable bonds is 4. The highest BCUT2D eigenvalue weighted by Crippen LogP contribution is 2.32. The second-order valence-electron chi connectivity index (χ2n) is 6.49. The van der Waals surface area contributed by atoms with Crippen LogP contribution in [-0.4, -0.2) is 16.8 Å². The van der Waals surface area contributed by atoms with Gasteiger partial charge in [-0.3, -0.25) is 14.4 Å². The zero-order valence-electron chi connectivity index (χ0n) is 14.7. The number of halogens is 1. The van der Waals surface area contributed by atoms with Crippen LogP contribution in [0.2, 0.25) is 5.02 Å². The molecule has 28 heavy (non-hydrogen) atoms. The molecule has 4 rings (SSSR count). The summed E-state index contributed by atoms with van der Waals surface area (Å²) in [5.41, 5.74) is 2.87. The number of nitrogens with zero attached hydrogens (tertiary/aromatic N) is 1. The van der Waals surface area contributed by atoms with Crippen LogP contribution in [-0.2, 0) is 17.8 Å². The van der Waals surface area contributed by atoms with Crippen LogP contribution in [0.5, 0.6) is 0 Å². The smallest absolute Gasteiger partial charge is 0.261 e. The molecule has 1 aliphatic heterocycles. The molecule has 2 heterocycles. The molecule has 6 nitrogen and oxygen atoms in total. The van der Waals surface area contributed by atoms with Crippen molar-refractivity contribution in [2.75, 3.05) is 10.2 Å². The van der Waals surface area contributed by atoms with E-state index in [9.17, 15) is 14.4 Å². The van der Waals surface area contributed by atoms with Gasteiger partial charge in [-0.1, -0.05) is 29.8 Å². The molecule has 0 bridgehead atoms. The highest BCUT2D eigenvalue weighted by molar-refractivity contribution is 6.31. The minimum Gasteiger partial charge on any atom is -0.328 e. The molecule has 1 aromatic heterocycles. The summed E-state index contributed by atoms with van der Waals surface area (Å²) in [5, 5.41) is 3.29. The first kappa shape index (κ1) is 18.0. The molecule has 0 fully saturated rings. The highest BCUT2D eigenvalue weighted by atomic mass is 35.5. The summed E-state index contributed by atoms with van der Waals surface area (Å²) in [7, 11) is 0. The molecule has 0 unspecified atom stereocenters. The molecule has 2 aromatic carbocycles. The Hall–Kier alpha value is -3.38. The Labute approximate surface area is 165 Å². The summed E-state index contributed by atoms with van der Waals surface area (Å²) >= 11 is 6.07. The van der Waals surface area contributed by atoms with Crippen LogP contribution in [0.1, 0.15) is 21.5 Å². The van der Waals surface area contributed by atoms with E-state index < -0.39 is 11.5 Å². The Kier molecular flexibility index (Phi) is 4.71. The molecule has 2 amide bonds. The van der Waals surface area contributed by atoms with Gasteiger partial charge in [0, 0.05) is 22.6 Å². The fraction of sp³-hybridized carbons (Fsp3) is 0.0952. The summed E-state index contributed by atoms with van der Waals surface area (Å²) in [6.45, 7) is 0.415. The predicted molar refractivity (Wildman–Crippen MR) is 108 cm³/mol. The summed E-state index contributed by atoms with van der Waals surface area (Å²) < 4.78 is 0. The number of aromatic amines is 1. The maximum atomic E-state index is 12.3. The van der Waals surface area contributed by atoms with Gasteiger partial charge in [0.1, 0.15) is 5.56 Å². The topological polar surface area (TPSA) is 82.3 Å². The number of hydrogen-bond donors (Lipinski definition) is 2. The third-order valence-electron chi connectivity index (χ3n) is 4.60. The molecule has 0 aliphatic carbocycles. The van der Waals surface area contributed by atoms with Crippen molar-refractivity contribution in [2.45, 2.75) is 13.0 Å². The lowest BCUT2D eigenvalue weighted by atomic mass is 10.1. The molecule has 7 heteroatoms. The van der Waals surface area contributed by atoms with E-state index in [0.717, 1.165) is 16.8 Å². The van der Waals surface area contributed by atoms with E-state index in [2.05, 4.69) is 10.3 Å². The van der Waals surface area contributed by atoms with E-state index in [0.29, 0.717) is 23.7 Å². The van der Waals surface area contributed by atoms with Gasteiger partial charge in [-0.2, -0.15) is 0 Å². The molecule has 2 N–H and O–H groups in total. The molecule has 140 valence electrons. The summed E-state index contributed by atoms with van der Waals surface area (Å²) in [6, 6.07) is 15.7. The van der Waals surface area contributed by atoms with Crippen LogP contribution in [0.15, 0.2) is 65.6 Å². The van der Waals surface area contributed by atoms with Gasteiger partial charge in [-0.25, -0.2) is 0 Å². The fourth-order valence-corrected chi connectivity index (χ4v) is 3.35. The van der Waals surface area contributed by atoms with Gasteiger partial charge in [0.25, 0.3) is 11.5 Å². The Morgan fingerprint density at radius 2 is 1.89 bits per heavy atom. The molecule has 0 atom stereocenters. The summed E-state index contributed by atoms with van der Waals surface area (Å²) in [4.78, 5) is 40.4. The quantitative estimate of drug-likeness (QED) is 0.713. The number of anilines is 2. The number of carbonyl (C=O) groups excluding carboxylic acids is 2. The number of H-pyrrole nitrogens is 1. The van der Waals surface area contributed by atoms with Crippen molar-refractivity contribution in [2.24, 2.45) is 0 Å². The maximum Gasteiger partial charge on any atom is 0.261 e. The van der Waals surface area contributed by atoms with Gasteiger partial charge in [0.2, 0.25) is 5.91 Å². The zero-order valence-corrected chi connectivity index (χ0v) is 15.5. The first-order valence-corrected chi connectivity index (χ1v) is 9.06. The number of fused-ring (bicyclic) bond motifs is 1. The average Bonchev–Trinajstić information content (AvgIpc) is 2.98. The number of pyridine rings is 1. The third-order valence-corrected chi connectivity index (χ3v) is 4.83. The van der Waals surface area contributed by atoms with E-state index in [1.807, 2.05) is 18.2 Å². The van der Waals surface area contributed by atoms with Crippen molar-refractivity contribution >= 4 is 34.8 Å². The minimum atomic E-state index is -0.479. The minimum absolute atomic E-state index is 0.0259. The van der Waals surface area contributed by atoms with Crippen LogP contribution in [0.3, 0.4) is 0 Å². The van der Waals surface area contributed by atoms with Gasteiger partial charge in [-0.15, -0.1) is 0 Å². The summed E-state index contributed by atoms with van der Waals surface area (Å²) in [5.74, 6) is -0.453. The first-order valence-electron chi connectivity index (χ1n) is 8.68. The Bertz CT molecular complexity index is 1120. The molecule has 3 aromatic rings. The monoisotopic (exact) mass is 393 g/mol. The zero-order chi connectivity index (χ0) is 19.7. The molecule has 0 saturated heterocycles. The number of amides is 2. The van der Waals surface area contributed by atoms with Crippen LogP contribution in [0, 0.1) is 0 Å². The lowest BCUT2D eigenvalue weighted by Crippen LogP contribution is -2.26. The van der Waals surface area contributed by atoms with Crippen molar-refractivity contribution in [3.63, 3.8) is 0 Å². The fourth-order valence-electron chi connectivity index (χ4n) is 3.18. The van der Waals surface area contributed by atoms with Crippen LogP contribution >= 0.6 is 11.6 Å². The van der Waals surface area contributed by atoms with Crippen molar-refractivity contribution in [1.29, 1.82) is 0 Å². The maximum absolute atomic E-state index is 12.3. The third kappa shape index (κ3) is 3.54. The highest BCUT2D eigenvalue weighted by Gasteiger charge is 2.27. The molecular formula is C21H16ClN3O3. The Morgan fingerprint density at radius 3 is 2.64 bits per heavy atom. The number of hydrogen-bond acceptors (Lipinski definition) is 3. The number of aromatic nitrogens is 1. The SMILES string of the molecule is O=C(Nc1ccc(CN2C(=O)Cc3ccc(Cl)cc32)cc1)c1ccc[nH]c1=O. The van der Waals surface area contributed by atoms with Gasteiger partial charge >= 0.3 is 0 Å². The average molecular weight is 394 g/mol. The predicted octanol–water partition coefficient (Wildman–Crippen LogP) is 3.37. The normalized spacial score (nSPS) is 12.8. The van der Waals surface area contributed by atoms with Crippen molar-refractivity contribution < 1.29 is 9.59 Å². The molecule has 1 aliphatic rings. The molecule has 0 saturated carbocycles. The number of benzene rings is 2. The van der Waals surface area contributed by atoms with Crippen molar-refractivity contribution in [1.82, 2.24) is 4.98 Å². The van der Waals surface area contributed by atoms with E-state index in [1.165, 1.54) is 12.3 Å². The van der Waals surface area contributed by atoms with Crippen LogP contribution < -0.4 is 15.8 Å². The van der Waals surface area contributed by atoms with Crippen LogP contribution in [0.4, 0.5) is 11.4 Å². The first-order chi connectivity index (χ1) is 13.5. The largest absolute Gasteiger partial charge is 0.328 e. The van der Waals surface area contributed by atoms with Crippen LogP contribution in [0.25, 0.3) is 0 Å². The van der Waals surface area contributed by atoms with Gasteiger partial charge < -0.3 is 15.2 Å². The van der Waals surface area contributed by atoms with Gasteiger partial charge in [0.15, 0.2) is 0 Å². The second-order valence-corrected chi connectivity index (χ2v) is 6.93. The standard InChI is InChI=1S/C21H16ClN3O3/c22-15-6-5-14-10-19(26)25(18(14)11-15)12-13-3-7-16(8-4-13)24-21(28)17-2-1-9-23-20(17)27/h1-9,11H,10,12H2,(H,23,27)(H,24,28). The Morgan fingerprint density at radius 1 is 1.11 bits per heavy atom. The lowest BCUT2D eigenvalue weighted by molar-refractivity contribution is -0.117. The second kappa shape index (κ2) is 7.32. The molecule has 0 radical (unpaired) electrons. The van der Waals surface area contributed by atoms with Gasteiger partial charge in [0.05, 0.1) is 13.0 Å². The van der Waals surface area contributed by atoms with Crippen molar-refractivity contribution in [3.8, 4) is 0 Å². The Balaban J connectivity index is 1.48. The summed E-state index contributed by atoms with van der Waals surface area (Å²) in [6.07, 6.45) is 1.84. The van der Waals surface area contributed by atoms with E-state index in [4.69, 9.17) is 11.6 Å². The number of nitrogens with one attached hydrogen (secondary N) is 2. The lowest BCUT2D eigenvalue weighted by Gasteiger charge is -2.18. The number of carbonyl (C=O) groups is 2. The molecular weight excluding hydrogens is 378 g/mol. The van der Waals surface area contributed by atoms with E-state index in [1.54, 1.807) is 35.2 Å².